The van der Waals surface area contributed by atoms with Gasteiger partial charge in [0.2, 0.25) is 5.88 Å². The number of hydrogen-bond donors (Lipinski definition) is 5. The molecular weight excluding hydrogens is 418 g/mol. The summed E-state index contributed by atoms with van der Waals surface area (Å²) in [5.41, 5.74) is -0.698. The molecule has 1 aromatic carbocycles. The lowest BCUT2D eigenvalue weighted by Gasteiger charge is -2.17. The first kappa shape index (κ1) is 22.9. The fourth-order valence-electron chi connectivity index (χ4n) is 3.30. The summed E-state index contributed by atoms with van der Waals surface area (Å²) in [5, 5.41) is 34.8. The zero-order valence-electron chi connectivity index (χ0n) is 17.8. The second-order valence-corrected chi connectivity index (χ2v) is 7.90. The Morgan fingerprint density at radius 2 is 1.69 bits per heavy atom. The number of carboxylic acid groups (broad SMARTS) is 1. The maximum absolute atomic E-state index is 13.1. The summed E-state index contributed by atoms with van der Waals surface area (Å²) in [6, 6.07) is 4.80. The molecule has 10 heteroatoms. The Bertz CT molecular complexity index is 1150. The van der Waals surface area contributed by atoms with Gasteiger partial charge < -0.3 is 26.0 Å². The summed E-state index contributed by atoms with van der Waals surface area (Å²) in [4.78, 5) is 49.2. The normalized spacial score (nSPS) is 12.9. The van der Waals surface area contributed by atoms with E-state index >= 15 is 0 Å². The van der Waals surface area contributed by atoms with Gasteiger partial charge in [-0.25, -0.2) is 4.57 Å². The van der Waals surface area contributed by atoms with E-state index in [1.807, 2.05) is 12.2 Å². The van der Waals surface area contributed by atoms with Crippen molar-refractivity contribution in [3.8, 4) is 17.3 Å². The highest BCUT2D eigenvalue weighted by Crippen LogP contribution is 2.33. The van der Waals surface area contributed by atoms with E-state index in [4.69, 9.17) is 5.11 Å². The van der Waals surface area contributed by atoms with E-state index in [0.717, 1.165) is 35.0 Å². The summed E-state index contributed by atoms with van der Waals surface area (Å²) in [6.07, 6.45) is 2.89. The molecule has 1 fully saturated rings. The number of aromatic nitrogens is 1. The van der Waals surface area contributed by atoms with Gasteiger partial charge in [-0.05, 0) is 49.4 Å². The van der Waals surface area contributed by atoms with Crippen LogP contribution < -0.4 is 16.2 Å². The Morgan fingerprint density at radius 3 is 2.28 bits per heavy atom. The van der Waals surface area contributed by atoms with Crippen molar-refractivity contribution in [1.82, 2.24) is 15.2 Å². The van der Waals surface area contributed by atoms with Crippen molar-refractivity contribution in [2.24, 2.45) is 5.92 Å². The minimum Gasteiger partial charge on any atom is -0.506 e. The molecular formula is C22H25N3O7. The highest BCUT2D eigenvalue weighted by molar-refractivity contribution is 6.05. The fourth-order valence-corrected chi connectivity index (χ4v) is 3.30. The molecule has 1 aliphatic rings. The summed E-state index contributed by atoms with van der Waals surface area (Å²) >= 11 is 0. The van der Waals surface area contributed by atoms with E-state index < -0.39 is 52.6 Å². The molecule has 1 heterocycles. The highest BCUT2D eigenvalue weighted by atomic mass is 16.4. The number of pyridine rings is 1. The van der Waals surface area contributed by atoms with Gasteiger partial charge in [0.1, 0.15) is 17.7 Å². The van der Waals surface area contributed by atoms with E-state index in [2.05, 4.69) is 5.32 Å². The Hall–Kier alpha value is -3.82. The number of nitrogens with one attached hydrogen (secondary N) is 2. The Balaban J connectivity index is 2.13. The van der Waals surface area contributed by atoms with E-state index in [-0.39, 0.29) is 5.69 Å². The summed E-state index contributed by atoms with van der Waals surface area (Å²) in [6.45, 7) is 3.13. The molecule has 2 amide bonds. The van der Waals surface area contributed by atoms with Crippen LogP contribution in [0.3, 0.4) is 0 Å². The highest BCUT2D eigenvalue weighted by Gasteiger charge is 2.31. The number of amides is 2. The third-order valence-electron chi connectivity index (χ3n) is 5.46. The van der Waals surface area contributed by atoms with Crippen LogP contribution in [-0.4, -0.2) is 50.8 Å². The molecule has 0 saturated heterocycles. The third kappa shape index (κ3) is 4.74. The van der Waals surface area contributed by atoms with Crippen LogP contribution in [0.15, 0.2) is 23.0 Å². The molecule has 1 aliphatic carbocycles. The largest absolute Gasteiger partial charge is 0.506 e. The average molecular weight is 443 g/mol. The number of aromatic hydroxyl groups is 2. The van der Waals surface area contributed by atoms with Crippen LogP contribution in [0.4, 0.5) is 0 Å². The second-order valence-electron chi connectivity index (χ2n) is 7.90. The molecule has 0 bridgehead atoms. The topological polar surface area (TPSA) is 158 Å². The van der Waals surface area contributed by atoms with Crippen LogP contribution in [0.25, 0.3) is 5.69 Å². The fraction of sp³-hybridized carbons (Fsp3) is 0.364. The third-order valence-corrected chi connectivity index (χ3v) is 5.46. The van der Waals surface area contributed by atoms with Gasteiger partial charge in [-0.2, -0.15) is 0 Å². The summed E-state index contributed by atoms with van der Waals surface area (Å²) < 4.78 is 0.748. The number of nitrogens with zero attached hydrogens (tertiary/aromatic N) is 1. The molecule has 0 atom stereocenters. The van der Waals surface area contributed by atoms with Crippen molar-refractivity contribution in [3.05, 3.63) is 50.8 Å². The SMILES string of the molecule is Cc1ccc(-n2c(O)c(C(=O)NCCC3CC3)c(O)c(C(=O)NCC(=O)O)c2=O)cc1C. The van der Waals surface area contributed by atoms with Crippen LogP contribution in [0, 0.1) is 19.8 Å². The monoisotopic (exact) mass is 443 g/mol. The molecule has 5 N–H and O–H groups in total. The molecule has 0 unspecified atom stereocenters. The van der Waals surface area contributed by atoms with Gasteiger partial charge in [0.15, 0.2) is 5.75 Å². The number of carboxylic acids is 1. The lowest BCUT2D eigenvalue weighted by atomic mass is 10.1. The Kier molecular flexibility index (Phi) is 6.52. The first-order valence-electron chi connectivity index (χ1n) is 10.2. The molecule has 1 saturated carbocycles. The number of carbonyl (C=O) groups is 3. The van der Waals surface area contributed by atoms with Crippen LogP contribution in [0.5, 0.6) is 11.6 Å². The Labute approximate surface area is 183 Å². The van der Waals surface area contributed by atoms with Crippen LogP contribution in [-0.2, 0) is 4.79 Å². The molecule has 0 aliphatic heterocycles. The molecule has 170 valence electrons. The first-order chi connectivity index (χ1) is 15.1. The van der Waals surface area contributed by atoms with Gasteiger partial charge in [0, 0.05) is 6.54 Å². The number of benzene rings is 1. The number of rotatable bonds is 8. The molecule has 0 spiro atoms. The van der Waals surface area contributed by atoms with Gasteiger partial charge in [-0.1, -0.05) is 18.9 Å². The zero-order valence-corrected chi connectivity index (χ0v) is 17.8. The first-order valence-corrected chi connectivity index (χ1v) is 10.2. The van der Waals surface area contributed by atoms with Gasteiger partial charge in [0.05, 0.1) is 5.69 Å². The quantitative estimate of drug-likeness (QED) is 0.410. The van der Waals surface area contributed by atoms with Crippen LogP contribution >= 0.6 is 0 Å². The van der Waals surface area contributed by atoms with E-state index in [0.29, 0.717) is 12.5 Å². The zero-order chi connectivity index (χ0) is 23.6. The predicted octanol–water partition coefficient (Wildman–Crippen LogP) is 1.21. The lowest BCUT2D eigenvalue weighted by Crippen LogP contribution is -2.37. The van der Waals surface area contributed by atoms with E-state index in [1.165, 1.54) is 6.07 Å². The van der Waals surface area contributed by atoms with Gasteiger partial charge >= 0.3 is 5.97 Å². The second kappa shape index (κ2) is 9.13. The van der Waals surface area contributed by atoms with Gasteiger partial charge in [-0.3, -0.25) is 19.2 Å². The maximum atomic E-state index is 13.1. The van der Waals surface area contributed by atoms with Crippen molar-refractivity contribution < 1.29 is 29.7 Å². The average Bonchev–Trinajstić information content (AvgIpc) is 3.53. The molecule has 2 aromatic rings. The van der Waals surface area contributed by atoms with Gasteiger partial charge in [-0.15, -0.1) is 0 Å². The molecule has 10 nitrogen and oxygen atoms in total. The standard InChI is InChI=1S/C22H25N3O7/c1-11-3-6-14(9-12(11)2)25-21(31)16(19(29)23-8-7-13-4-5-13)18(28)17(22(25)32)20(30)24-10-15(26)27/h3,6,9,13,28,31H,4-5,7-8,10H2,1-2H3,(H,23,29)(H,24,30)(H,26,27). The van der Waals surface area contributed by atoms with E-state index in [9.17, 15) is 29.4 Å². The van der Waals surface area contributed by atoms with Crippen molar-refractivity contribution in [2.75, 3.05) is 13.1 Å². The number of hydrogen-bond acceptors (Lipinski definition) is 6. The van der Waals surface area contributed by atoms with E-state index in [1.54, 1.807) is 19.1 Å². The lowest BCUT2D eigenvalue weighted by molar-refractivity contribution is -0.135. The van der Waals surface area contributed by atoms with Gasteiger partial charge in [0.25, 0.3) is 17.4 Å². The summed E-state index contributed by atoms with van der Waals surface area (Å²) in [7, 11) is 0. The van der Waals surface area contributed by atoms with Crippen molar-refractivity contribution in [1.29, 1.82) is 0 Å². The molecule has 3 rings (SSSR count). The molecule has 32 heavy (non-hydrogen) atoms. The maximum Gasteiger partial charge on any atom is 0.322 e. The summed E-state index contributed by atoms with van der Waals surface area (Å²) in [5.74, 6) is -4.71. The number of aryl methyl sites for hydroxylation is 2. The van der Waals surface area contributed by atoms with Crippen LogP contribution in [0.1, 0.15) is 51.1 Å². The predicted molar refractivity (Wildman–Crippen MR) is 114 cm³/mol. The smallest absolute Gasteiger partial charge is 0.322 e. The minimum absolute atomic E-state index is 0.176. The molecule has 1 aromatic heterocycles. The number of aliphatic carboxylic acids is 1. The van der Waals surface area contributed by atoms with Crippen molar-refractivity contribution in [2.45, 2.75) is 33.1 Å². The van der Waals surface area contributed by atoms with Crippen molar-refractivity contribution >= 4 is 17.8 Å². The Morgan fingerprint density at radius 1 is 1.03 bits per heavy atom. The van der Waals surface area contributed by atoms with Crippen LogP contribution in [0.2, 0.25) is 0 Å². The molecule has 0 radical (unpaired) electrons. The van der Waals surface area contributed by atoms with Crippen molar-refractivity contribution in [3.63, 3.8) is 0 Å². The minimum atomic E-state index is -1.36. The number of carbonyl (C=O) groups excluding carboxylic acids is 2.